The van der Waals surface area contributed by atoms with Crippen LogP contribution in [0, 0.1) is 5.92 Å². The van der Waals surface area contributed by atoms with Crippen LogP contribution >= 0.6 is 0 Å². The van der Waals surface area contributed by atoms with Gasteiger partial charge in [0.15, 0.2) is 5.69 Å². The third kappa shape index (κ3) is 3.25. The number of benzene rings is 1. The predicted octanol–water partition coefficient (Wildman–Crippen LogP) is 3.34. The predicted molar refractivity (Wildman–Crippen MR) is 84.2 cm³/mol. The van der Waals surface area contributed by atoms with Gasteiger partial charge in [-0.3, -0.25) is 9.48 Å². The number of nitrogens with zero attached hydrogens (tertiary/aromatic N) is 2. The Hall–Kier alpha value is -2.44. The largest absolute Gasteiger partial charge is 0.491 e. The van der Waals surface area contributed by atoms with Crippen LogP contribution in [0.4, 0.5) is 8.78 Å². The van der Waals surface area contributed by atoms with Crippen molar-refractivity contribution in [2.24, 2.45) is 5.92 Å². The molecule has 0 aliphatic carbocycles. The molecule has 0 unspecified atom stereocenters. The third-order valence-corrected chi connectivity index (χ3v) is 3.80. The Morgan fingerprint density at radius 3 is 2.88 bits per heavy atom. The monoisotopic (exact) mass is 335 g/mol. The summed E-state index contributed by atoms with van der Waals surface area (Å²) in [6, 6.07) is 6.97. The Balaban J connectivity index is 1.81. The van der Waals surface area contributed by atoms with Crippen molar-refractivity contribution in [2.75, 3.05) is 6.61 Å². The molecule has 1 aliphatic rings. The van der Waals surface area contributed by atoms with Gasteiger partial charge in [-0.2, -0.15) is 5.10 Å². The molecule has 128 valence electrons. The number of carbonyl (C=O) groups is 1. The van der Waals surface area contributed by atoms with Crippen molar-refractivity contribution in [1.29, 1.82) is 0 Å². The van der Waals surface area contributed by atoms with Crippen molar-refractivity contribution in [3.8, 4) is 5.75 Å². The first-order chi connectivity index (χ1) is 11.5. The average Bonchev–Trinajstić information content (AvgIpc) is 3.11. The second-order valence-corrected chi connectivity index (χ2v) is 6.22. The fourth-order valence-corrected chi connectivity index (χ4v) is 2.75. The van der Waals surface area contributed by atoms with Crippen LogP contribution in [0.25, 0.3) is 0 Å². The van der Waals surface area contributed by atoms with E-state index in [1.165, 1.54) is 10.9 Å². The summed E-state index contributed by atoms with van der Waals surface area (Å²) in [6.07, 6.45) is -1.50. The molecular formula is C17H19F2N3O2. The first kappa shape index (κ1) is 16.4. The van der Waals surface area contributed by atoms with Crippen molar-refractivity contribution in [3.05, 3.63) is 47.3 Å². The molecule has 0 bridgehead atoms. The van der Waals surface area contributed by atoms with E-state index in [2.05, 4.69) is 10.4 Å². The maximum absolute atomic E-state index is 13.2. The third-order valence-electron chi connectivity index (χ3n) is 3.80. The standard InChI is InChI=1S/C17H19F2N3O2/c1-10(2)7-22-8-12(16(18)19)15(21-22)17(23)20-13-9-24-14-6-4-3-5-11(13)14/h3-6,8,10,13,16H,7,9H2,1-2H3,(H,20,23)/t13-/m1/s1. The Bertz CT molecular complexity index is 743. The number of carbonyl (C=O) groups excluding carboxylic acids is 1. The number of para-hydroxylation sites is 1. The quantitative estimate of drug-likeness (QED) is 0.912. The maximum Gasteiger partial charge on any atom is 0.272 e. The molecule has 0 spiro atoms. The molecule has 0 saturated heterocycles. The van der Waals surface area contributed by atoms with E-state index in [0.717, 1.165) is 5.56 Å². The first-order valence-corrected chi connectivity index (χ1v) is 7.83. The summed E-state index contributed by atoms with van der Waals surface area (Å²) < 4.78 is 33.4. The summed E-state index contributed by atoms with van der Waals surface area (Å²) in [5, 5.41) is 6.79. The van der Waals surface area contributed by atoms with E-state index in [1.54, 1.807) is 0 Å². The molecule has 2 aromatic rings. The summed E-state index contributed by atoms with van der Waals surface area (Å²) in [6.45, 7) is 4.66. The van der Waals surface area contributed by atoms with Crippen LogP contribution in [-0.4, -0.2) is 22.3 Å². The lowest BCUT2D eigenvalue weighted by Crippen LogP contribution is -2.30. The highest BCUT2D eigenvalue weighted by molar-refractivity contribution is 5.94. The topological polar surface area (TPSA) is 56.2 Å². The van der Waals surface area contributed by atoms with Gasteiger partial charge >= 0.3 is 0 Å². The van der Waals surface area contributed by atoms with Crippen LogP contribution in [0.5, 0.6) is 5.75 Å². The Kier molecular flexibility index (Phi) is 4.51. The van der Waals surface area contributed by atoms with Crippen LogP contribution in [0.1, 0.15) is 47.9 Å². The fourth-order valence-electron chi connectivity index (χ4n) is 2.75. The second-order valence-electron chi connectivity index (χ2n) is 6.22. The van der Waals surface area contributed by atoms with E-state index in [1.807, 2.05) is 38.1 Å². The average molecular weight is 335 g/mol. The minimum atomic E-state index is -2.75. The van der Waals surface area contributed by atoms with Crippen LogP contribution in [0.2, 0.25) is 0 Å². The number of hydrogen-bond donors (Lipinski definition) is 1. The molecule has 1 aliphatic heterocycles. The molecule has 7 heteroatoms. The summed E-state index contributed by atoms with van der Waals surface area (Å²) in [5.41, 5.74) is 0.265. The van der Waals surface area contributed by atoms with E-state index >= 15 is 0 Å². The molecule has 2 heterocycles. The lowest BCUT2D eigenvalue weighted by molar-refractivity contribution is 0.0911. The summed E-state index contributed by atoms with van der Waals surface area (Å²) >= 11 is 0. The molecule has 1 N–H and O–H groups in total. The van der Waals surface area contributed by atoms with Gasteiger partial charge in [-0.05, 0) is 12.0 Å². The Morgan fingerprint density at radius 2 is 2.17 bits per heavy atom. The zero-order chi connectivity index (χ0) is 17.3. The SMILES string of the molecule is CC(C)Cn1cc(C(F)F)c(C(=O)N[C@@H]2COc3ccccc32)n1. The molecule has 1 aromatic heterocycles. The molecule has 0 fully saturated rings. The number of ether oxygens (including phenoxy) is 1. The number of rotatable bonds is 5. The molecule has 1 atom stereocenters. The zero-order valence-corrected chi connectivity index (χ0v) is 13.5. The van der Waals surface area contributed by atoms with Crippen LogP contribution in [-0.2, 0) is 6.54 Å². The van der Waals surface area contributed by atoms with Gasteiger partial charge in [0.2, 0.25) is 0 Å². The van der Waals surface area contributed by atoms with Gasteiger partial charge in [0.25, 0.3) is 12.3 Å². The smallest absolute Gasteiger partial charge is 0.272 e. The van der Waals surface area contributed by atoms with Crippen molar-refractivity contribution >= 4 is 5.91 Å². The molecule has 5 nitrogen and oxygen atoms in total. The van der Waals surface area contributed by atoms with E-state index < -0.39 is 12.3 Å². The molecule has 1 amide bonds. The van der Waals surface area contributed by atoms with Gasteiger partial charge in [-0.1, -0.05) is 32.0 Å². The van der Waals surface area contributed by atoms with Crippen LogP contribution < -0.4 is 10.1 Å². The van der Waals surface area contributed by atoms with E-state index in [4.69, 9.17) is 4.74 Å². The Morgan fingerprint density at radius 1 is 1.42 bits per heavy atom. The summed E-state index contributed by atoms with van der Waals surface area (Å²) in [4.78, 5) is 12.5. The number of aromatic nitrogens is 2. The zero-order valence-electron chi connectivity index (χ0n) is 13.5. The van der Waals surface area contributed by atoms with Gasteiger partial charge in [0.1, 0.15) is 12.4 Å². The number of amides is 1. The van der Waals surface area contributed by atoms with Gasteiger partial charge in [0, 0.05) is 18.3 Å². The highest BCUT2D eigenvalue weighted by Crippen LogP contribution is 2.32. The molecule has 0 radical (unpaired) electrons. The van der Waals surface area contributed by atoms with Crippen molar-refractivity contribution in [2.45, 2.75) is 32.9 Å². The Labute approximate surface area is 138 Å². The molecule has 3 rings (SSSR count). The lowest BCUT2D eigenvalue weighted by Gasteiger charge is -2.11. The van der Waals surface area contributed by atoms with Gasteiger partial charge in [0.05, 0.1) is 11.6 Å². The first-order valence-electron chi connectivity index (χ1n) is 7.83. The minimum Gasteiger partial charge on any atom is -0.491 e. The van der Waals surface area contributed by atoms with Crippen molar-refractivity contribution in [3.63, 3.8) is 0 Å². The summed E-state index contributed by atoms with van der Waals surface area (Å²) in [5.74, 6) is 0.321. The summed E-state index contributed by atoms with van der Waals surface area (Å²) in [7, 11) is 0. The number of alkyl halides is 2. The molecule has 0 saturated carbocycles. The number of halogens is 2. The van der Waals surface area contributed by atoms with Crippen molar-refractivity contribution < 1.29 is 18.3 Å². The van der Waals surface area contributed by atoms with Gasteiger partial charge in [-0.25, -0.2) is 8.78 Å². The number of nitrogens with one attached hydrogen (secondary N) is 1. The van der Waals surface area contributed by atoms with Gasteiger partial charge in [-0.15, -0.1) is 0 Å². The molecule has 1 aromatic carbocycles. The normalized spacial score (nSPS) is 16.3. The van der Waals surface area contributed by atoms with Crippen molar-refractivity contribution in [1.82, 2.24) is 15.1 Å². The maximum atomic E-state index is 13.2. The highest BCUT2D eigenvalue weighted by atomic mass is 19.3. The molecular weight excluding hydrogens is 316 g/mol. The van der Waals surface area contributed by atoms with Crippen LogP contribution in [0.3, 0.4) is 0 Å². The fraction of sp³-hybridized carbons (Fsp3) is 0.412. The van der Waals surface area contributed by atoms with E-state index in [0.29, 0.717) is 12.3 Å². The van der Waals surface area contributed by atoms with E-state index in [-0.39, 0.29) is 29.8 Å². The highest BCUT2D eigenvalue weighted by Gasteiger charge is 2.29. The number of fused-ring (bicyclic) bond motifs is 1. The van der Waals surface area contributed by atoms with Crippen LogP contribution in [0.15, 0.2) is 30.5 Å². The lowest BCUT2D eigenvalue weighted by atomic mass is 10.1. The van der Waals surface area contributed by atoms with E-state index in [9.17, 15) is 13.6 Å². The minimum absolute atomic E-state index is 0.227. The second kappa shape index (κ2) is 6.59. The number of hydrogen-bond acceptors (Lipinski definition) is 3. The van der Waals surface area contributed by atoms with Gasteiger partial charge < -0.3 is 10.1 Å². The molecule has 24 heavy (non-hydrogen) atoms.